The molecule has 0 aliphatic heterocycles. The van der Waals surface area contributed by atoms with Crippen LogP contribution in [0.2, 0.25) is 0 Å². The lowest BCUT2D eigenvalue weighted by molar-refractivity contribution is -0.140. The molecule has 23 heavy (non-hydrogen) atoms. The fourth-order valence-corrected chi connectivity index (χ4v) is 2.16. The number of halogens is 5. The van der Waals surface area contributed by atoms with Crippen molar-refractivity contribution < 1.29 is 22.0 Å². The van der Waals surface area contributed by atoms with E-state index in [1.54, 1.807) is 12.1 Å². The number of H-pyrrole nitrogens is 1. The quantitative estimate of drug-likeness (QED) is 0.690. The lowest BCUT2D eigenvalue weighted by atomic mass is 10.1. The largest absolute Gasteiger partial charge is 0.419 e. The van der Waals surface area contributed by atoms with E-state index >= 15 is 0 Å². The molecule has 0 saturated carbocycles. The first kappa shape index (κ1) is 15.1. The van der Waals surface area contributed by atoms with Crippen LogP contribution in [0.15, 0.2) is 41.2 Å². The molecule has 0 aliphatic carbocycles. The summed E-state index contributed by atoms with van der Waals surface area (Å²) in [7, 11) is 0. The second-order valence-corrected chi connectivity index (χ2v) is 4.74. The maximum Gasteiger partial charge on any atom is 0.419 e. The Labute approximate surface area is 125 Å². The second-order valence-electron chi connectivity index (χ2n) is 4.74. The van der Waals surface area contributed by atoms with Gasteiger partial charge in [-0.15, -0.1) is 0 Å². The smallest absolute Gasteiger partial charge is 0.306 e. The zero-order valence-electron chi connectivity index (χ0n) is 11.2. The lowest BCUT2D eigenvalue weighted by Gasteiger charge is -2.11. The van der Waals surface area contributed by atoms with Crippen molar-refractivity contribution in [2.45, 2.75) is 6.18 Å². The summed E-state index contributed by atoms with van der Waals surface area (Å²) in [5.74, 6) is -3.40. The van der Waals surface area contributed by atoms with Gasteiger partial charge in [0.1, 0.15) is 17.5 Å². The lowest BCUT2D eigenvalue weighted by Crippen LogP contribution is -2.12. The van der Waals surface area contributed by atoms with Crippen LogP contribution in [0.25, 0.3) is 22.3 Å². The van der Waals surface area contributed by atoms with Crippen molar-refractivity contribution >= 4 is 10.9 Å². The Balaban J connectivity index is 2.29. The summed E-state index contributed by atoms with van der Waals surface area (Å²) < 4.78 is 65.4. The van der Waals surface area contributed by atoms with E-state index in [2.05, 4.69) is 9.97 Å². The molecule has 118 valence electrons. The molecule has 0 radical (unpaired) electrons. The third-order valence-electron chi connectivity index (χ3n) is 3.23. The summed E-state index contributed by atoms with van der Waals surface area (Å²) in [6, 6.07) is 6.48. The number of fused-ring (bicyclic) bond motifs is 1. The molecule has 0 bridgehead atoms. The summed E-state index contributed by atoms with van der Waals surface area (Å²) in [4.78, 5) is 18.1. The average molecular weight is 326 g/mol. The Morgan fingerprint density at radius 2 is 1.70 bits per heavy atom. The van der Waals surface area contributed by atoms with Crippen molar-refractivity contribution in [1.82, 2.24) is 9.97 Å². The molecule has 2 aromatic carbocycles. The topological polar surface area (TPSA) is 45.8 Å². The van der Waals surface area contributed by atoms with E-state index in [9.17, 15) is 26.7 Å². The summed E-state index contributed by atoms with van der Waals surface area (Å²) in [5.41, 5.74) is -2.72. The molecule has 0 atom stereocenters. The zero-order chi connectivity index (χ0) is 16.8. The van der Waals surface area contributed by atoms with E-state index in [-0.39, 0.29) is 23.0 Å². The number of hydrogen-bond acceptors (Lipinski definition) is 2. The first-order valence-corrected chi connectivity index (χ1v) is 6.33. The highest BCUT2D eigenvalue weighted by Gasteiger charge is 2.35. The third kappa shape index (κ3) is 2.67. The van der Waals surface area contributed by atoms with E-state index in [1.807, 2.05) is 0 Å². The molecule has 0 amide bonds. The molecule has 3 nitrogen and oxygen atoms in total. The molecule has 3 aromatic rings. The maximum atomic E-state index is 13.9. The van der Waals surface area contributed by atoms with Crippen LogP contribution in [-0.4, -0.2) is 9.97 Å². The molecule has 0 unspecified atom stereocenters. The molecular formula is C15H7F5N2O. The highest BCUT2D eigenvalue weighted by Crippen LogP contribution is 2.34. The Hall–Kier alpha value is -2.77. The van der Waals surface area contributed by atoms with Gasteiger partial charge in [-0.3, -0.25) is 4.79 Å². The van der Waals surface area contributed by atoms with Gasteiger partial charge in [-0.05, 0) is 18.2 Å². The number of nitrogens with one attached hydrogen (secondary N) is 1. The zero-order valence-corrected chi connectivity index (χ0v) is 11.2. The van der Waals surface area contributed by atoms with Crippen molar-refractivity contribution in [1.29, 1.82) is 0 Å². The Morgan fingerprint density at radius 3 is 2.39 bits per heavy atom. The standard InChI is InChI=1S/C15H7F5N2O/c16-10-6-11(17)9(15(18,19)20)5-8(10)13-21-12-4-2-1-3-7(12)14(23)22-13/h1-6H,(H,21,22,23). The molecule has 3 rings (SSSR count). The minimum atomic E-state index is -5.00. The van der Waals surface area contributed by atoms with Crippen LogP contribution >= 0.6 is 0 Å². The summed E-state index contributed by atoms with van der Waals surface area (Å²) >= 11 is 0. The van der Waals surface area contributed by atoms with Gasteiger partial charge in [0.05, 0.1) is 22.0 Å². The van der Waals surface area contributed by atoms with Gasteiger partial charge in [-0.25, -0.2) is 13.8 Å². The molecule has 0 aliphatic rings. The van der Waals surface area contributed by atoms with E-state index in [0.29, 0.717) is 0 Å². The number of rotatable bonds is 1. The summed E-state index contributed by atoms with van der Waals surface area (Å²) in [6.45, 7) is 0. The molecule has 0 saturated heterocycles. The fraction of sp³-hybridized carbons (Fsp3) is 0.0667. The van der Waals surface area contributed by atoms with Crippen LogP contribution < -0.4 is 5.56 Å². The number of hydrogen-bond donors (Lipinski definition) is 1. The number of benzene rings is 2. The highest BCUT2D eigenvalue weighted by molar-refractivity contribution is 5.79. The Bertz CT molecular complexity index is 962. The van der Waals surface area contributed by atoms with Crippen LogP contribution in [0.4, 0.5) is 22.0 Å². The van der Waals surface area contributed by atoms with Crippen LogP contribution in [0.1, 0.15) is 5.56 Å². The number of para-hydroxylation sites is 1. The minimum Gasteiger partial charge on any atom is -0.306 e. The summed E-state index contributed by atoms with van der Waals surface area (Å²) in [6.07, 6.45) is -5.00. The monoisotopic (exact) mass is 326 g/mol. The van der Waals surface area contributed by atoms with Gasteiger partial charge < -0.3 is 4.98 Å². The van der Waals surface area contributed by atoms with Gasteiger partial charge in [0.25, 0.3) is 5.56 Å². The third-order valence-corrected chi connectivity index (χ3v) is 3.23. The minimum absolute atomic E-state index is 0.118. The van der Waals surface area contributed by atoms with Gasteiger partial charge in [0, 0.05) is 6.07 Å². The first-order chi connectivity index (χ1) is 10.8. The highest BCUT2D eigenvalue weighted by atomic mass is 19.4. The van der Waals surface area contributed by atoms with E-state index in [0.717, 1.165) is 0 Å². The van der Waals surface area contributed by atoms with Crippen molar-refractivity contribution in [3.05, 3.63) is 63.9 Å². The second kappa shape index (κ2) is 5.15. The van der Waals surface area contributed by atoms with Crippen LogP contribution in [0.5, 0.6) is 0 Å². The molecule has 0 spiro atoms. The normalized spacial score (nSPS) is 11.9. The number of alkyl halides is 3. The number of nitrogens with zero attached hydrogens (tertiary/aromatic N) is 1. The predicted molar refractivity (Wildman–Crippen MR) is 72.7 cm³/mol. The summed E-state index contributed by atoms with van der Waals surface area (Å²) in [5, 5.41) is 0.204. The van der Waals surface area contributed by atoms with Gasteiger partial charge in [0.2, 0.25) is 0 Å². The van der Waals surface area contributed by atoms with E-state index < -0.39 is 40.3 Å². The van der Waals surface area contributed by atoms with E-state index in [4.69, 9.17) is 0 Å². The van der Waals surface area contributed by atoms with Gasteiger partial charge in [0.15, 0.2) is 0 Å². The Kier molecular flexibility index (Phi) is 3.39. The van der Waals surface area contributed by atoms with Crippen molar-refractivity contribution in [3.8, 4) is 11.4 Å². The van der Waals surface area contributed by atoms with Crippen molar-refractivity contribution in [3.63, 3.8) is 0 Å². The number of aromatic amines is 1. The van der Waals surface area contributed by atoms with Crippen LogP contribution in [-0.2, 0) is 6.18 Å². The molecule has 0 fully saturated rings. The average Bonchev–Trinajstić information content (AvgIpc) is 2.46. The first-order valence-electron chi connectivity index (χ1n) is 6.33. The molecule has 1 aromatic heterocycles. The maximum absolute atomic E-state index is 13.9. The molecule has 1 heterocycles. The van der Waals surface area contributed by atoms with Crippen LogP contribution in [0.3, 0.4) is 0 Å². The van der Waals surface area contributed by atoms with Gasteiger partial charge >= 0.3 is 6.18 Å². The fourth-order valence-electron chi connectivity index (χ4n) is 2.16. The molecule has 1 N–H and O–H groups in total. The van der Waals surface area contributed by atoms with Gasteiger partial charge in [-0.2, -0.15) is 13.2 Å². The molecular weight excluding hydrogens is 319 g/mol. The molecule has 8 heteroatoms. The number of aromatic nitrogens is 2. The van der Waals surface area contributed by atoms with E-state index in [1.165, 1.54) is 12.1 Å². The van der Waals surface area contributed by atoms with Crippen molar-refractivity contribution in [2.75, 3.05) is 0 Å². The van der Waals surface area contributed by atoms with Crippen LogP contribution in [0, 0.1) is 11.6 Å². The predicted octanol–water partition coefficient (Wildman–Crippen LogP) is 3.89. The van der Waals surface area contributed by atoms with Gasteiger partial charge in [-0.1, -0.05) is 12.1 Å². The van der Waals surface area contributed by atoms with Crippen molar-refractivity contribution in [2.24, 2.45) is 0 Å². The Morgan fingerprint density at radius 1 is 1.00 bits per heavy atom. The SMILES string of the molecule is O=c1[nH]c(-c2cc(C(F)(F)F)c(F)cc2F)nc2ccccc12.